The number of anilines is 1. The van der Waals surface area contributed by atoms with Crippen molar-refractivity contribution in [2.75, 3.05) is 5.73 Å². The summed E-state index contributed by atoms with van der Waals surface area (Å²) in [5, 5.41) is 0. The molecule has 0 amide bonds. The van der Waals surface area contributed by atoms with Gasteiger partial charge in [0.2, 0.25) is 0 Å². The highest BCUT2D eigenvalue weighted by atomic mass is 16.5. The van der Waals surface area contributed by atoms with E-state index in [4.69, 9.17) is 10.5 Å². The standard InChI is InChI=1S/C16H15NO2/c1-10-4-2-3-5-11(10)8-15-13-7-6-12(17)9-14(13)16(18)19-15/h2-7,9,15H,8,17H2,1H3. The highest BCUT2D eigenvalue weighted by Gasteiger charge is 2.31. The topological polar surface area (TPSA) is 52.3 Å². The molecule has 1 aliphatic rings. The third-order valence-corrected chi connectivity index (χ3v) is 3.56. The van der Waals surface area contributed by atoms with Gasteiger partial charge in [0.25, 0.3) is 0 Å². The molecule has 0 fully saturated rings. The van der Waals surface area contributed by atoms with Crippen molar-refractivity contribution in [1.29, 1.82) is 0 Å². The zero-order valence-corrected chi connectivity index (χ0v) is 10.7. The van der Waals surface area contributed by atoms with E-state index in [0.717, 1.165) is 5.56 Å². The number of ether oxygens (including phenoxy) is 1. The molecule has 3 nitrogen and oxygen atoms in total. The van der Waals surface area contributed by atoms with Gasteiger partial charge in [0, 0.05) is 17.7 Å². The van der Waals surface area contributed by atoms with Crippen molar-refractivity contribution in [3.05, 3.63) is 64.7 Å². The number of esters is 1. The maximum absolute atomic E-state index is 11.8. The number of aryl methyl sites for hydroxylation is 1. The molecule has 0 saturated heterocycles. The molecule has 1 atom stereocenters. The van der Waals surface area contributed by atoms with Crippen LogP contribution < -0.4 is 5.73 Å². The number of hydrogen-bond donors (Lipinski definition) is 1. The van der Waals surface area contributed by atoms with Gasteiger partial charge in [-0.2, -0.15) is 0 Å². The molecular weight excluding hydrogens is 238 g/mol. The second-order valence-electron chi connectivity index (χ2n) is 4.87. The summed E-state index contributed by atoms with van der Waals surface area (Å²) in [5.74, 6) is -0.277. The van der Waals surface area contributed by atoms with Crippen LogP contribution in [0.2, 0.25) is 0 Å². The van der Waals surface area contributed by atoms with E-state index in [9.17, 15) is 4.79 Å². The van der Waals surface area contributed by atoms with Crippen LogP contribution in [0.25, 0.3) is 0 Å². The lowest BCUT2D eigenvalue weighted by Crippen LogP contribution is -2.03. The quantitative estimate of drug-likeness (QED) is 0.661. The highest BCUT2D eigenvalue weighted by molar-refractivity contribution is 5.95. The monoisotopic (exact) mass is 253 g/mol. The van der Waals surface area contributed by atoms with Crippen LogP contribution in [0.15, 0.2) is 42.5 Å². The Kier molecular flexibility index (Phi) is 2.75. The number of fused-ring (bicyclic) bond motifs is 1. The predicted octanol–water partition coefficient (Wildman–Crippen LogP) is 3.03. The lowest BCUT2D eigenvalue weighted by molar-refractivity contribution is 0.0387. The van der Waals surface area contributed by atoms with E-state index < -0.39 is 0 Å². The minimum absolute atomic E-state index is 0.204. The van der Waals surface area contributed by atoms with Crippen LogP contribution in [-0.2, 0) is 11.2 Å². The molecule has 2 aromatic carbocycles. The smallest absolute Gasteiger partial charge is 0.339 e. The molecule has 0 spiro atoms. The van der Waals surface area contributed by atoms with Crippen LogP contribution in [-0.4, -0.2) is 5.97 Å². The Morgan fingerprint density at radius 1 is 1.21 bits per heavy atom. The first-order chi connectivity index (χ1) is 9.15. The maximum atomic E-state index is 11.8. The first-order valence-electron chi connectivity index (χ1n) is 6.30. The van der Waals surface area contributed by atoms with Crippen molar-refractivity contribution < 1.29 is 9.53 Å². The Labute approximate surface area is 112 Å². The van der Waals surface area contributed by atoms with Gasteiger partial charge < -0.3 is 10.5 Å². The van der Waals surface area contributed by atoms with Crippen LogP contribution in [0.3, 0.4) is 0 Å². The van der Waals surface area contributed by atoms with Gasteiger partial charge in [-0.3, -0.25) is 0 Å². The molecule has 2 aromatic rings. The normalized spacial score (nSPS) is 17.1. The van der Waals surface area contributed by atoms with E-state index in [1.807, 2.05) is 24.3 Å². The lowest BCUT2D eigenvalue weighted by Gasteiger charge is -2.12. The molecule has 1 heterocycles. The average Bonchev–Trinajstić information content (AvgIpc) is 2.69. The van der Waals surface area contributed by atoms with Crippen LogP contribution in [0.1, 0.15) is 33.2 Å². The molecule has 0 radical (unpaired) electrons. The number of benzene rings is 2. The average molecular weight is 253 g/mol. The molecule has 1 unspecified atom stereocenters. The Bertz CT molecular complexity index is 649. The summed E-state index contributed by atoms with van der Waals surface area (Å²) in [6.45, 7) is 2.07. The first kappa shape index (κ1) is 11.8. The van der Waals surface area contributed by atoms with Gasteiger partial charge in [-0.1, -0.05) is 30.3 Å². The Balaban J connectivity index is 1.94. The molecule has 1 aliphatic heterocycles. The second kappa shape index (κ2) is 4.43. The number of rotatable bonds is 2. The number of carbonyl (C=O) groups is 1. The number of nitrogens with two attached hydrogens (primary N) is 1. The van der Waals surface area contributed by atoms with Gasteiger partial charge in [0.15, 0.2) is 0 Å². The first-order valence-corrected chi connectivity index (χ1v) is 6.30. The molecule has 3 heteroatoms. The largest absolute Gasteiger partial charge is 0.454 e. The van der Waals surface area contributed by atoms with Crippen LogP contribution in [0.4, 0.5) is 5.69 Å². The summed E-state index contributed by atoms with van der Waals surface area (Å²) in [7, 11) is 0. The Morgan fingerprint density at radius 2 is 2.00 bits per heavy atom. The van der Waals surface area contributed by atoms with Gasteiger partial charge in [-0.05, 0) is 30.2 Å². The van der Waals surface area contributed by atoms with Crippen LogP contribution >= 0.6 is 0 Å². The van der Waals surface area contributed by atoms with E-state index >= 15 is 0 Å². The summed E-state index contributed by atoms with van der Waals surface area (Å²) in [4.78, 5) is 11.8. The molecular formula is C16H15NO2. The van der Waals surface area contributed by atoms with E-state index in [-0.39, 0.29) is 12.1 Å². The van der Waals surface area contributed by atoms with Gasteiger partial charge in [-0.25, -0.2) is 4.79 Å². The minimum Gasteiger partial charge on any atom is -0.454 e. The summed E-state index contributed by atoms with van der Waals surface area (Å²) < 4.78 is 5.45. The second-order valence-corrected chi connectivity index (χ2v) is 4.87. The zero-order chi connectivity index (χ0) is 13.4. The SMILES string of the molecule is Cc1ccccc1CC1OC(=O)c2cc(N)ccc21. The summed E-state index contributed by atoms with van der Waals surface area (Å²) in [5.41, 5.74) is 10.2. The Morgan fingerprint density at radius 3 is 2.79 bits per heavy atom. The zero-order valence-electron chi connectivity index (χ0n) is 10.7. The van der Waals surface area contributed by atoms with Gasteiger partial charge in [0.05, 0.1) is 5.56 Å². The van der Waals surface area contributed by atoms with Crippen molar-refractivity contribution in [3.63, 3.8) is 0 Å². The third kappa shape index (κ3) is 2.08. The molecule has 0 aromatic heterocycles. The fourth-order valence-electron chi connectivity index (χ4n) is 2.48. The molecule has 0 bridgehead atoms. The van der Waals surface area contributed by atoms with E-state index in [2.05, 4.69) is 19.1 Å². The fourth-order valence-corrected chi connectivity index (χ4v) is 2.48. The van der Waals surface area contributed by atoms with Gasteiger partial charge in [0.1, 0.15) is 6.10 Å². The van der Waals surface area contributed by atoms with Crippen molar-refractivity contribution in [2.45, 2.75) is 19.4 Å². The van der Waals surface area contributed by atoms with Gasteiger partial charge >= 0.3 is 5.97 Å². The summed E-state index contributed by atoms with van der Waals surface area (Å²) in [6, 6.07) is 13.5. The number of carbonyl (C=O) groups excluding carboxylic acids is 1. The van der Waals surface area contributed by atoms with Crippen molar-refractivity contribution in [2.24, 2.45) is 0 Å². The van der Waals surface area contributed by atoms with Crippen LogP contribution in [0, 0.1) is 6.92 Å². The molecule has 96 valence electrons. The minimum atomic E-state index is -0.277. The van der Waals surface area contributed by atoms with E-state index in [0.29, 0.717) is 17.7 Å². The van der Waals surface area contributed by atoms with E-state index in [1.165, 1.54) is 11.1 Å². The number of nitrogen functional groups attached to an aromatic ring is 1. The molecule has 3 rings (SSSR count). The number of hydrogen-bond acceptors (Lipinski definition) is 3. The molecule has 0 aliphatic carbocycles. The highest BCUT2D eigenvalue weighted by Crippen LogP contribution is 2.34. The summed E-state index contributed by atoms with van der Waals surface area (Å²) >= 11 is 0. The molecule has 2 N–H and O–H groups in total. The van der Waals surface area contributed by atoms with Crippen molar-refractivity contribution >= 4 is 11.7 Å². The summed E-state index contributed by atoms with van der Waals surface area (Å²) in [6.07, 6.45) is 0.499. The number of cyclic esters (lactones) is 1. The van der Waals surface area contributed by atoms with E-state index in [1.54, 1.807) is 6.07 Å². The Hall–Kier alpha value is -2.29. The predicted molar refractivity (Wildman–Crippen MR) is 73.9 cm³/mol. The third-order valence-electron chi connectivity index (χ3n) is 3.56. The molecule has 19 heavy (non-hydrogen) atoms. The van der Waals surface area contributed by atoms with Crippen molar-refractivity contribution in [1.82, 2.24) is 0 Å². The van der Waals surface area contributed by atoms with Crippen molar-refractivity contribution in [3.8, 4) is 0 Å². The lowest BCUT2D eigenvalue weighted by atomic mass is 9.97. The fraction of sp³-hybridized carbons (Fsp3) is 0.188. The molecule has 0 saturated carbocycles. The van der Waals surface area contributed by atoms with Gasteiger partial charge in [-0.15, -0.1) is 0 Å². The maximum Gasteiger partial charge on any atom is 0.339 e. The van der Waals surface area contributed by atoms with Crippen LogP contribution in [0.5, 0.6) is 0 Å².